The molecule has 0 radical (unpaired) electrons. The fourth-order valence-electron chi connectivity index (χ4n) is 6.63. The van der Waals surface area contributed by atoms with E-state index in [0.717, 1.165) is 29.7 Å². The SMILES string of the molecule is CC1=C(C)CC(C)(S(=O)(=O)O)C(NC23CC4CC(CC(C4)C2)C3)C1. The minimum absolute atomic E-state index is 0.108. The minimum atomic E-state index is -4.11. The van der Waals surface area contributed by atoms with Gasteiger partial charge in [0.1, 0.15) is 4.75 Å². The van der Waals surface area contributed by atoms with Crippen molar-refractivity contribution in [3.63, 3.8) is 0 Å². The molecule has 5 aliphatic carbocycles. The summed E-state index contributed by atoms with van der Waals surface area (Å²) in [7, 11) is -4.11. The minimum Gasteiger partial charge on any atom is -0.306 e. The van der Waals surface area contributed by atoms with Gasteiger partial charge in [0.05, 0.1) is 0 Å². The molecule has 0 aromatic heterocycles. The van der Waals surface area contributed by atoms with Gasteiger partial charge >= 0.3 is 0 Å². The van der Waals surface area contributed by atoms with Gasteiger partial charge in [-0.2, -0.15) is 8.42 Å². The molecule has 2 N–H and O–H groups in total. The lowest BCUT2D eigenvalue weighted by atomic mass is 9.52. The third-order valence-electron chi connectivity index (χ3n) is 7.70. The molecular weight excluding hydrogens is 322 g/mol. The zero-order chi connectivity index (χ0) is 17.3. The standard InChI is InChI=1S/C19H31NO3S/c1-12-4-17(18(3,8-13(12)2)24(21,22)23)20-19-9-14-5-15(10-19)7-16(6-14)11-19/h14-17,20H,4-11H2,1-3H3,(H,21,22,23). The highest BCUT2D eigenvalue weighted by molar-refractivity contribution is 7.87. The molecule has 0 spiro atoms. The quantitative estimate of drug-likeness (QED) is 0.600. The van der Waals surface area contributed by atoms with Crippen LogP contribution in [0.4, 0.5) is 0 Å². The molecule has 4 fully saturated rings. The highest BCUT2D eigenvalue weighted by Gasteiger charge is 2.55. The average molecular weight is 354 g/mol. The Morgan fingerprint density at radius 2 is 1.50 bits per heavy atom. The largest absolute Gasteiger partial charge is 0.306 e. The van der Waals surface area contributed by atoms with E-state index in [1.165, 1.54) is 44.1 Å². The van der Waals surface area contributed by atoms with Crippen LogP contribution in [-0.2, 0) is 10.1 Å². The van der Waals surface area contributed by atoms with Crippen molar-refractivity contribution in [2.45, 2.75) is 88.5 Å². The average Bonchev–Trinajstić information content (AvgIpc) is 2.41. The summed E-state index contributed by atoms with van der Waals surface area (Å²) in [5, 5.41) is 3.84. The van der Waals surface area contributed by atoms with E-state index in [-0.39, 0.29) is 11.6 Å². The van der Waals surface area contributed by atoms with Gasteiger partial charge in [-0.3, -0.25) is 4.55 Å². The monoisotopic (exact) mass is 353 g/mol. The van der Waals surface area contributed by atoms with E-state index >= 15 is 0 Å². The first kappa shape index (κ1) is 17.0. The first-order valence-electron chi connectivity index (χ1n) is 9.50. The molecule has 5 rings (SSSR count). The molecular formula is C19H31NO3S. The van der Waals surface area contributed by atoms with Crippen LogP contribution in [0.3, 0.4) is 0 Å². The molecule has 4 saturated carbocycles. The normalized spacial score (nSPS) is 48.2. The second kappa shape index (κ2) is 5.31. The second-order valence-electron chi connectivity index (χ2n) is 9.62. The Balaban J connectivity index is 1.65. The molecule has 5 aliphatic rings. The van der Waals surface area contributed by atoms with E-state index in [2.05, 4.69) is 12.2 Å². The van der Waals surface area contributed by atoms with E-state index in [1.807, 2.05) is 6.92 Å². The van der Waals surface area contributed by atoms with Crippen LogP contribution in [0, 0.1) is 17.8 Å². The van der Waals surface area contributed by atoms with Gasteiger partial charge in [0.15, 0.2) is 0 Å². The summed E-state index contributed by atoms with van der Waals surface area (Å²) < 4.78 is 33.4. The topological polar surface area (TPSA) is 66.4 Å². The van der Waals surface area contributed by atoms with Crippen LogP contribution >= 0.6 is 0 Å². The van der Waals surface area contributed by atoms with Gasteiger partial charge in [-0.1, -0.05) is 11.1 Å². The van der Waals surface area contributed by atoms with Crippen LogP contribution in [-0.4, -0.2) is 29.3 Å². The Hall–Kier alpha value is -0.390. The Morgan fingerprint density at radius 3 is 1.96 bits per heavy atom. The summed E-state index contributed by atoms with van der Waals surface area (Å²) in [6.07, 6.45) is 8.86. The number of nitrogens with one attached hydrogen (secondary N) is 1. The summed E-state index contributed by atoms with van der Waals surface area (Å²) in [4.78, 5) is 0. The Labute approximate surface area is 146 Å². The first-order chi connectivity index (χ1) is 11.1. The van der Waals surface area contributed by atoms with Crippen molar-refractivity contribution in [2.24, 2.45) is 17.8 Å². The van der Waals surface area contributed by atoms with Crippen molar-refractivity contribution < 1.29 is 13.0 Å². The third kappa shape index (κ3) is 2.58. The van der Waals surface area contributed by atoms with Crippen molar-refractivity contribution >= 4 is 10.1 Å². The van der Waals surface area contributed by atoms with Crippen molar-refractivity contribution in [3.8, 4) is 0 Å². The first-order valence-corrected chi connectivity index (χ1v) is 10.9. The van der Waals surface area contributed by atoms with Crippen LogP contribution in [0.15, 0.2) is 11.1 Å². The Bertz CT molecular complexity index is 645. The lowest BCUT2D eigenvalue weighted by molar-refractivity contribution is -0.0280. The summed E-state index contributed by atoms with van der Waals surface area (Å²) in [5.41, 5.74) is 2.49. The molecule has 0 aromatic carbocycles. The van der Waals surface area contributed by atoms with Gasteiger partial charge in [0, 0.05) is 11.6 Å². The smallest absolute Gasteiger partial charge is 0.272 e. The van der Waals surface area contributed by atoms with Gasteiger partial charge in [-0.25, -0.2) is 0 Å². The van der Waals surface area contributed by atoms with Crippen LogP contribution in [0.2, 0.25) is 0 Å². The van der Waals surface area contributed by atoms with Crippen LogP contribution < -0.4 is 5.32 Å². The van der Waals surface area contributed by atoms with Crippen molar-refractivity contribution in [3.05, 3.63) is 11.1 Å². The van der Waals surface area contributed by atoms with Crippen molar-refractivity contribution in [1.82, 2.24) is 5.32 Å². The predicted octanol–water partition coefficient (Wildman–Crippen LogP) is 3.69. The molecule has 5 heteroatoms. The highest BCUT2D eigenvalue weighted by atomic mass is 32.2. The number of allylic oxidation sites excluding steroid dienone is 1. The fourth-order valence-corrected chi connectivity index (χ4v) is 7.53. The summed E-state index contributed by atoms with van der Waals surface area (Å²) in [5.74, 6) is 2.47. The molecule has 0 aromatic rings. The van der Waals surface area contributed by atoms with Gasteiger partial charge in [-0.05, 0) is 89.9 Å². The number of hydrogen-bond donors (Lipinski definition) is 2. The van der Waals surface area contributed by atoms with Crippen molar-refractivity contribution in [1.29, 1.82) is 0 Å². The molecule has 0 aliphatic heterocycles. The summed E-state index contributed by atoms with van der Waals surface area (Å²) >= 11 is 0. The highest BCUT2D eigenvalue weighted by Crippen LogP contribution is 2.56. The molecule has 0 saturated heterocycles. The Kier molecular flexibility index (Phi) is 3.77. The lowest BCUT2D eigenvalue weighted by Gasteiger charge is -2.59. The van der Waals surface area contributed by atoms with Gasteiger partial charge in [-0.15, -0.1) is 0 Å². The third-order valence-corrected chi connectivity index (χ3v) is 9.31. The van der Waals surface area contributed by atoms with E-state index in [9.17, 15) is 13.0 Å². The molecule has 0 amide bonds. The fraction of sp³-hybridized carbons (Fsp3) is 0.895. The molecule has 2 atom stereocenters. The molecule has 4 bridgehead atoms. The maximum absolute atomic E-state index is 12.2. The van der Waals surface area contributed by atoms with Crippen LogP contribution in [0.1, 0.15) is 72.1 Å². The van der Waals surface area contributed by atoms with Crippen LogP contribution in [0.25, 0.3) is 0 Å². The second-order valence-corrected chi connectivity index (χ2v) is 11.5. The maximum atomic E-state index is 12.2. The molecule has 0 heterocycles. The van der Waals surface area contributed by atoms with Gasteiger partial charge < -0.3 is 5.32 Å². The molecule has 2 unspecified atom stereocenters. The molecule has 4 nitrogen and oxygen atoms in total. The van der Waals surface area contributed by atoms with Gasteiger partial charge in [0.25, 0.3) is 10.1 Å². The van der Waals surface area contributed by atoms with Crippen LogP contribution in [0.5, 0.6) is 0 Å². The zero-order valence-electron chi connectivity index (χ0n) is 15.1. The summed E-state index contributed by atoms with van der Waals surface area (Å²) in [6, 6.07) is -0.188. The molecule has 24 heavy (non-hydrogen) atoms. The zero-order valence-corrected chi connectivity index (χ0v) is 16.0. The van der Waals surface area contributed by atoms with E-state index in [4.69, 9.17) is 0 Å². The van der Waals surface area contributed by atoms with E-state index in [1.54, 1.807) is 6.92 Å². The van der Waals surface area contributed by atoms with Crippen molar-refractivity contribution in [2.75, 3.05) is 0 Å². The van der Waals surface area contributed by atoms with Gasteiger partial charge in [0.2, 0.25) is 0 Å². The maximum Gasteiger partial charge on any atom is 0.272 e. The predicted molar refractivity (Wildman–Crippen MR) is 95.4 cm³/mol. The molecule has 136 valence electrons. The van der Waals surface area contributed by atoms with E-state index < -0.39 is 14.9 Å². The van der Waals surface area contributed by atoms with E-state index in [0.29, 0.717) is 6.42 Å². The lowest BCUT2D eigenvalue weighted by Crippen LogP contribution is -2.66. The number of rotatable bonds is 3. The summed E-state index contributed by atoms with van der Waals surface area (Å²) in [6.45, 7) is 5.84. The number of hydrogen-bond acceptors (Lipinski definition) is 3. The Morgan fingerprint density at radius 1 is 1.00 bits per heavy atom.